The first kappa shape index (κ1) is 34.5. The van der Waals surface area contributed by atoms with Crippen LogP contribution in [0.25, 0.3) is 0 Å². The summed E-state index contributed by atoms with van der Waals surface area (Å²) in [6.45, 7) is 19.2. The fraction of sp³-hybridized carbons (Fsp3) is 0.950. The average molecular weight is 685 g/mol. The molecule has 5 aliphatic carbocycles. The highest BCUT2D eigenvalue weighted by Gasteiger charge is 2.84. The van der Waals surface area contributed by atoms with Crippen LogP contribution in [0.2, 0.25) is 0 Å². The van der Waals surface area contributed by atoms with Gasteiger partial charge in [-0.25, -0.2) is 9.59 Å². The minimum Gasteiger partial charge on any atom is -0.446 e. The van der Waals surface area contributed by atoms with E-state index in [1.165, 1.54) is 12.8 Å². The quantitative estimate of drug-likeness (QED) is 0.323. The Morgan fingerprint density at radius 3 is 2.31 bits per heavy atom. The maximum absolute atomic E-state index is 13.1. The van der Waals surface area contributed by atoms with Crippen LogP contribution < -0.4 is 5.32 Å². The minimum absolute atomic E-state index is 0.0201. The van der Waals surface area contributed by atoms with Gasteiger partial charge in [-0.15, -0.1) is 0 Å². The number of carbonyl (C=O) groups is 2. The largest absolute Gasteiger partial charge is 0.446 e. The number of hydrogen-bond acceptors (Lipinski definition) is 7. The highest BCUT2D eigenvalue weighted by atomic mass is 16.6. The van der Waals surface area contributed by atoms with Crippen molar-refractivity contribution in [3.05, 3.63) is 0 Å². The van der Waals surface area contributed by atoms with Crippen molar-refractivity contribution in [2.75, 3.05) is 26.3 Å². The van der Waals surface area contributed by atoms with Crippen molar-refractivity contribution in [2.24, 2.45) is 56.7 Å². The number of hydrogen-bond donors (Lipinski definition) is 2. The number of aliphatic hydroxyl groups is 1. The highest BCUT2D eigenvalue weighted by Crippen LogP contribution is 2.89. The van der Waals surface area contributed by atoms with E-state index in [1.807, 2.05) is 0 Å². The molecule has 0 aromatic heterocycles. The Hall–Kier alpha value is -1.58. The first-order valence-electron chi connectivity index (χ1n) is 20.0. The number of fused-ring (bicyclic) bond motifs is 4. The third-order valence-corrected chi connectivity index (χ3v) is 16.9. The Morgan fingerprint density at radius 1 is 0.939 bits per heavy atom. The molecule has 0 radical (unpaired) electrons. The van der Waals surface area contributed by atoms with Gasteiger partial charge in [0, 0.05) is 43.2 Å². The molecule has 13 atom stereocenters. The molecule has 9 nitrogen and oxygen atoms in total. The number of amides is 2. The molecule has 0 bridgehead atoms. The predicted octanol–water partition coefficient (Wildman–Crippen LogP) is 6.94. The first-order valence-corrected chi connectivity index (χ1v) is 20.0. The molecule has 0 aromatic carbocycles. The number of nitrogens with one attached hydrogen (secondary N) is 1. The van der Waals surface area contributed by atoms with E-state index < -0.39 is 6.10 Å². The molecule has 3 aliphatic heterocycles. The number of nitrogens with zero attached hydrogens (tertiary/aromatic N) is 1. The third kappa shape index (κ3) is 4.78. The van der Waals surface area contributed by atoms with Gasteiger partial charge in [-0.1, -0.05) is 48.5 Å². The normalized spacial score (nSPS) is 48.9. The molecular formula is C40H64N2O7. The number of rotatable bonds is 5. The fourth-order valence-electron chi connectivity index (χ4n) is 14.2. The van der Waals surface area contributed by atoms with Crippen molar-refractivity contribution in [3.63, 3.8) is 0 Å². The lowest BCUT2D eigenvalue weighted by molar-refractivity contribution is -0.185. The number of likely N-dealkylation sites (tertiary alicyclic amines) is 1. The van der Waals surface area contributed by atoms with Crippen molar-refractivity contribution >= 4 is 12.2 Å². The van der Waals surface area contributed by atoms with Crippen molar-refractivity contribution in [2.45, 2.75) is 156 Å². The summed E-state index contributed by atoms with van der Waals surface area (Å²) in [5.74, 6) is 1.73. The van der Waals surface area contributed by atoms with Crippen molar-refractivity contribution in [1.82, 2.24) is 10.2 Å². The Labute approximate surface area is 294 Å². The number of carbonyl (C=O) groups excluding carboxylic acids is 2. The zero-order valence-corrected chi connectivity index (χ0v) is 31.3. The molecule has 4 unspecified atom stereocenters. The average Bonchev–Trinajstić information content (AvgIpc) is 3.65. The Balaban J connectivity index is 1.01. The molecule has 8 rings (SSSR count). The van der Waals surface area contributed by atoms with Crippen LogP contribution in [0.4, 0.5) is 9.59 Å². The van der Waals surface area contributed by atoms with Gasteiger partial charge in [0.1, 0.15) is 12.2 Å². The fourth-order valence-corrected chi connectivity index (χ4v) is 14.2. The number of alkyl carbamates (subject to hydrolysis) is 1. The van der Waals surface area contributed by atoms with E-state index >= 15 is 0 Å². The van der Waals surface area contributed by atoms with Gasteiger partial charge in [0.15, 0.2) is 0 Å². The summed E-state index contributed by atoms with van der Waals surface area (Å²) in [5.41, 5.74) is 0.126. The van der Waals surface area contributed by atoms with Crippen LogP contribution in [0, 0.1) is 56.7 Å². The van der Waals surface area contributed by atoms with Crippen LogP contribution in [0.5, 0.6) is 0 Å². The lowest BCUT2D eigenvalue weighted by atomic mass is 9.41. The summed E-state index contributed by atoms with van der Waals surface area (Å²) in [4.78, 5) is 27.8. The molecule has 0 aromatic rings. The molecule has 49 heavy (non-hydrogen) atoms. The lowest BCUT2D eigenvalue weighted by Gasteiger charge is -2.63. The van der Waals surface area contributed by atoms with Crippen LogP contribution in [0.15, 0.2) is 0 Å². The van der Waals surface area contributed by atoms with Gasteiger partial charge >= 0.3 is 12.2 Å². The summed E-state index contributed by atoms with van der Waals surface area (Å²) in [7, 11) is 0. The van der Waals surface area contributed by atoms with Crippen LogP contribution in [0.3, 0.4) is 0 Å². The molecule has 2 N–H and O–H groups in total. The van der Waals surface area contributed by atoms with Crippen molar-refractivity contribution in [1.29, 1.82) is 0 Å². The summed E-state index contributed by atoms with van der Waals surface area (Å²) < 4.78 is 24.9. The van der Waals surface area contributed by atoms with Crippen LogP contribution in [-0.4, -0.2) is 85.1 Å². The molecule has 8 aliphatic rings. The standard InChI is InChI=1S/C40H64N2O7/c1-23(2)31(49-35(45)42-17-8-18-42)26-21-24(3)30-32(47-26)33(43)38(7)28-10-9-27-36(4,5)29(48-34(44)41-25-12-19-46-20-13-25)11-14-39(27)22-40(28,39)16-15-37(30,38)6/h23-33,43H,8-22H2,1-7H3,(H,41,44)/t24-,26?,27?,28?,29+,30+,31-,32?,33+,37-,38-,39-,40+/m1/s1. The molecule has 9 heteroatoms. The zero-order chi connectivity index (χ0) is 34.7. The van der Waals surface area contributed by atoms with E-state index in [0.717, 1.165) is 70.9 Å². The van der Waals surface area contributed by atoms with Gasteiger partial charge in [-0.05, 0) is 116 Å². The summed E-state index contributed by atoms with van der Waals surface area (Å²) >= 11 is 0. The smallest absolute Gasteiger partial charge is 0.410 e. The molecule has 276 valence electrons. The van der Waals surface area contributed by atoms with Gasteiger partial charge in [-0.2, -0.15) is 0 Å². The highest BCUT2D eigenvalue weighted by molar-refractivity contribution is 5.69. The maximum Gasteiger partial charge on any atom is 0.410 e. The topological polar surface area (TPSA) is 107 Å². The predicted molar refractivity (Wildman–Crippen MR) is 185 cm³/mol. The molecule has 8 fully saturated rings. The summed E-state index contributed by atoms with van der Waals surface area (Å²) in [5, 5.41) is 15.8. The first-order chi connectivity index (χ1) is 23.2. The van der Waals surface area contributed by atoms with Gasteiger partial charge in [0.2, 0.25) is 0 Å². The molecule has 2 amide bonds. The van der Waals surface area contributed by atoms with E-state index in [9.17, 15) is 14.7 Å². The van der Waals surface area contributed by atoms with Crippen molar-refractivity contribution in [3.8, 4) is 0 Å². The molecule has 5 saturated carbocycles. The molecule has 2 spiro atoms. The molecule has 3 saturated heterocycles. The van der Waals surface area contributed by atoms with E-state index in [-0.39, 0.29) is 81.6 Å². The number of aliphatic hydroxyl groups excluding tert-OH is 1. The van der Waals surface area contributed by atoms with Gasteiger partial charge < -0.3 is 34.3 Å². The third-order valence-electron chi connectivity index (χ3n) is 16.9. The molecular weight excluding hydrogens is 620 g/mol. The van der Waals surface area contributed by atoms with Gasteiger partial charge in [-0.3, -0.25) is 0 Å². The number of ether oxygens (including phenoxy) is 4. The second kappa shape index (κ2) is 11.7. The monoisotopic (exact) mass is 684 g/mol. The summed E-state index contributed by atoms with van der Waals surface area (Å²) in [6.07, 6.45) is 9.53. The van der Waals surface area contributed by atoms with E-state index in [0.29, 0.717) is 31.0 Å². The van der Waals surface area contributed by atoms with E-state index in [4.69, 9.17) is 18.9 Å². The van der Waals surface area contributed by atoms with Crippen LogP contribution in [-0.2, 0) is 18.9 Å². The Morgan fingerprint density at radius 2 is 1.63 bits per heavy atom. The maximum atomic E-state index is 13.1. The van der Waals surface area contributed by atoms with Crippen molar-refractivity contribution < 1.29 is 33.6 Å². The SMILES string of the molecule is CC(C)[C@@H](OC(=O)N1CCC1)C1C[C@@H](C)[C@H]2C(O1)[C@H](O)[C@@]1(C)C3CCC4C(C)(C)[C@@H](OC(=O)NC5CCOCC5)CC[C@@]45C[C@@]35CC[C@]21C. The van der Waals surface area contributed by atoms with E-state index in [2.05, 4.69) is 53.8 Å². The molecule has 3 heterocycles. The van der Waals surface area contributed by atoms with E-state index in [1.54, 1.807) is 4.90 Å². The summed E-state index contributed by atoms with van der Waals surface area (Å²) in [6, 6.07) is 0.138. The van der Waals surface area contributed by atoms with Gasteiger partial charge in [0.25, 0.3) is 0 Å². The van der Waals surface area contributed by atoms with Crippen LogP contribution in [0.1, 0.15) is 119 Å². The Bertz CT molecular complexity index is 1310. The minimum atomic E-state index is -0.551. The zero-order valence-electron chi connectivity index (χ0n) is 31.3. The van der Waals surface area contributed by atoms with Crippen LogP contribution >= 0.6 is 0 Å². The second-order valence-corrected chi connectivity index (χ2v) is 19.4. The second-order valence-electron chi connectivity index (χ2n) is 19.4. The Kier molecular flexibility index (Phi) is 8.25. The lowest BCUT2D eigenvalue weighted by Crippen LogP contribution is -2.60. The van der Waals surface area contributed by atoms with Gasteiger partial charge in [0.05, 0.1) is 18.3 Å².